The number of hydrogen-bond acceptors (Lipinski definition) is 6. The molecule has 0 aromatic heterocycles. The van der Waals surface area contributed by atoms with Crippen molar-refractivity contribution in [1.82, 2.24) is 4.72 Å². The molecule has 1 aromatic rings. The number of hydrogen-bond donors (Lipinski definition) is 2. The number of rotatable bonds is 6. The van der Waals surface area contributed by atoms with E-state index in [1.165, 1.54) is 24.3 Å². The summed E-state index contributed by atoms with van der Waals surface area (Å²) in [4.78, 5) is -0.0119. The SMILES string of the molecule is O=S(=O)([O-])CC(O)CNS(=O)(=O)c1ccccc1.[Na+]. The molecule has 0 saturated heterocycles. The van der Waals surface area contributed by atoms with Crippen LogP contribution in [0.4, 0.5) is 0 Å². The van der Waals surface area contributed by atoms with Gasteiger partial charge in [0.15, 0.2) is 0 Å². The first-order valence-corrected chi connectivity index (χ1v) is 7.93. The summed E-state index contributed by atoms with van der Waals surface area (Å²) in [6.45, 7) is -0.543. The van der Waals surface area contributed by atoms with Gasteiger partial charge in [-0.1, -0.05) is 18.2 Å². The topological polar surface area (TPSA) is 124 Å². The Morgan fingerprint density at radius 3 is 2.16 bits per heavy atom. The monoisotopic (exact) mass is 317 g/mol. The molecule has 1 rings (SSSR count). The zero-order valence-corrected chi connectivity index (χ0v) is 13.8. The van der Waals surface area contributed by atoms with Crippen LogP contribution in [-0.2, 0) is 20.1 Å². The summed E-state index contributed by atoms with van der Waals surface area (Å²) in [5, 5.41) is 9.19. The van der Waals surface area contributed by atoms with Crippen LogP contribution in [0.3, 0.4) is 0 Å². The molecule has 0 saturated carbocycles. The molecule has 0 aliphatic rings. The van der Waals surface area contributed by atoms with Crippen LogP contribution in [0.25, 0.3) is 0 Å². The molecule has 7 nitrogen and oxygen atoms in total. The van der Waals surface area contributed by atoms with Gasteiger partial charge in [0.2, 0.25) is 10.0 Å². The third-order valence-electron chi connectivity index (χ3n) is 1.96. The molecule has 0 aliphatic carbocycles. The van der Waals surface area contributed by atoms with Gasteiger partial charge in [-0.15, -0.1) is 0 Å². The molecule has 0 aliphatic heterocycles. The van der Waals surface area contributed by atoms with Crippen LogP contribution in [0.15, 0.2) is 35.2 Å². The molecular weight excluding hydrogens is 305 g/mol. The maximum Gasteiger partial charge on any atom is 1.00 e. The second-order valence-electron chi connectivity index (χ2n) is 3.54. The number of benzene rings is 1. The van der Waals surface area contributed by atoms with Gasteiger partial charge in [0, 0.05) is 6.54 Å². The van der Waals surface area contributed by atoms with Crippen LogP contribution in [0.1, 0.15) is 0 Å². The minimum Gasteiger partial charge on any atom is -0.748 e. The van der Waals surface area contributed by atoms with Crippen molar-refractivity contribution in [3.05, 3.63) is 30.3 Å². The Morgan fingerprint density at radius 2 is 1.68 bits per heavy atom. The standard InChI is InChI=1S/C9H13NO6S2.Na/c11-8(7-17(12,13)14)6-10-18(15,16)9-4-2-1-3-5-9;/h1-5,8,10-11H,6-7H2,(H,12,13,14);/q;+1/p-1. The molecule has 1 atom stereocenters. The average Bonchev–Trinajstić information content (AvgIpc) is 2.26. The second-order valence-corrected chi connectivity index (χ2v) is 6.76. The van der Waals surface area contributed by atoms with Crippen LogP contribution >= 0.6 is 0 Å². The van der Waals surface area contributed by atoms with Gasteiger partial charge in [-0.05, 0) is 12.1 Å². The fraction of sp³-hybridized carbons (Fsp3) is 0.333. The van der Waals surface area contributed by atoms with E-state index in [-0.39, 0.29) is 34.5 Å². The molecule has 1 aromatic carbocycles. The molecule has 2 N–H and O–H groups in total. The normalized spacial score (nSPS) is 13.6. The van der Waals surface area contributed by atoms with E-state index in [0.717, 1.165) is 0 Å². The van der Waals surface area contributed by atoms with Crippen LogP contribution in [0.2, 0.25) is 0 Å². The summed E-state index contributed by atoms with van der Waals surface area (Å²) >= 11 is 0. The van der Waals surface area contributed by atoms with E-state index >= 15 is 0 Å². The Hall–Kier alpha value is 0. The van der Waals surface area contributed by atoms with Crippen molar-refractivity contribution in [3.63, 3.8) is 0 Å². The number of aliphatic hydroxyl groups excluding tert-OH is 1. The van der Waals surface area contributed by atoms with Crippen LogP contribution in [0, 0.1) is 0 Å². The van der Waals surface area contributed by atoms with Gasteiger partial charge in [0.1, 0.15) is 0 Å². The molecule has 0 fully saturated rings. The fourth-order valence-electron chi connectivity index (χ4n) is 1.18. The quantitative estimate of drug-likeness (QED) is 0.406. The average molecular weight is 317 g/mol. The molecular formula is C9H12NNaO6S2. The zero-order chi connectivity index (χ0) is 13.8. The van der Waals surface area contributed by atoms with Gasteiger partial charge in [-0.3, -0.25) is 0 Å². The van der Waals surface area contributed by atoms with Gasteiger partial charge in [-0.25, -0.2) is 21.6 Å². The van der Waals surface area contributed by atoms with E-state index in [0.29, 0.717) is 0 Å². The van der Waals surface area contributed by atoms with E-state index < -0.39 is 38.5 Å². The van der Waals surface area contributed by atoms with E-state index in [2.05, 4.69) is 0 Å². The van der Waals surface area contributed by atoms with Crippen molar-refractivity contribution in [2.75, 3.05) is 12.3 Å². The first kappa shape index (κ1) is 19.0. The van der Waals surface area contributed by atoms with Gasteiger partial charge < -0.3 is 9.66 Å². The number of aliphatic hydroxyl groups is 1. The van der Waals surface area contributed by atoms with Crippen molar-refractivity contribution in [1.29, 1.82) is 0 Å². The predicted molar refractivity (Wildman–Crippen MR) is 62.2 cm³/mol. The molecule has 0 radical (unpaired) electrons. The Bertz CT molecular complexity index is 586. The van der Waals surface area contributed by atoms with E-state index in [4.69, 9.17) is 0 Å². The van der Waals surface area contributed by atoms with Crippen molar-refractivity contribution in [3.8, 4) is 0 Å². The van der Waals surface area contributed by atoms with Crippen LogP contribution in [0.5, 0.6) is 0 Å². The van der Waals surface area contributed by atoms with Gasteiger partial charge in [0.25, 0.3) is 0 Å². The first-order chi connectivity index (χ1) is 8.21. The molecule has 0 amide bonds. The van der Waals surface area contributed by atoms with Gasteiger partial charge in [0.05, 0.1) is 26.9 Å². The largest absolute Gasteiger partial charge is 1.00 e. The molecule has 102 valence electrons. The van der Waals surface area contributed by atoms with Crippen molar-refractivity contribution >= 4 is 20.1 Å². The summed E-state index contributed by atoms with van der Waals surface area (Å²) in [5.74, 6) is -1.04. The van der Waals surface area contributed by atoms with E-state index in [9.17, 15) is 26.5 Å². The Balaban J connectivity index is 0.00000324. The fourth-order valence-corrected chi connectivity index (χ4v) is 2.87. The second kappa shape index (κ2) is 7.70. The van der Waals surface area contributed by atoms with Crippen LogP contribution in [-0.4, -0.2) is 44.9 Å². The minimum atomic E-state index is -4.59. The number of nitrogens with one attached hydrogen (secondary N) is 1. The summed E-state index contributed by atoms with van der Waals surface area (Å²) in [6, 6.07) is 7.37. The molecule has 19 heavy (non-hydrogen) atoms. The smallest absolute Gasteiger partial charge is 0.748 e. The molecule has 0 spiro atoms. The Morgan fingerprint density at radius 1 is 1.16 bits per heavy atom. The van der Waals surface area contributed by atoms with Gasteiger partial charge >= 0.3 is 29.6 Å². The number of sulfonamides is 1. The third kappa shape index (κ3) is 7.37. The van der Waals surface area contributed by atoms with Crippen molar-refractivity contribution in [2.45, 2.75) is 11.0 Å². The maximum atomic E-state index is 11.7. The maximum absolute atomic E-state index is 11.7. The molecule has 10 heteroatoms. The van der Waals surface area contributed by atoms with Crippen LogP contribution < -0.4 is 34.3 Å². The van der Waals surface area contributed by atoms with Crippen molar-refractivity contribution < 1.29 is 56.1 Å². The van der Waals surface area contributed by atoms with E-state index in [1.54, 1.807) is 6.07 Å². The molecule has 1 unspecified atom stereocenters. The first-order valence-electron chi connectivity index (χ1n) is 4.87. The third-order valence-corrected chi connectivity index (χ3v) is 4.19. The van der Waals surface area contributed by atoms with Crippen molar-refractivity contribution in [2.24, 2.45) is 0 Å². The Kier molecular flexibility index (Phi) is 7.70. The summed E-state index contributed by atoms with van der Waals surface area (Å²) in [7, 11) is -8.41. The summed E-state index contributed by atoms with van der Waals surface area (Å²) in [6.07, 6.45) is -1.58. The van der Waals surface area contributed by atoms with Gasteiger partial charge in [-0.2, -0.15) is 0 Å². The zero-order valence-electron chi connectivity index (χ0n) is 10.2. The summed E-state index contributed by atoms with van der Waals surface area (Å²) < 4.78 is 56.4. The summed E-state index contributed by atoms with van der Waals surface area (Å²) in [5.41, 5.74) is 0. The molecule has 0 bridgehead atoms. The molecule has 0 heterocycles. The van der Waals surface area contributed by atoms with E-state index in [1.807, 2.05) is 4.72 Å². The minimum absolute atomic E-state index is 0. The Labute approximate surface area is 134 Å². The predicted octanol–water partition coefficient (Wildman–Crippen LogP) is -4.12.